The minimum Gasteiger partial charge on any atom is -0.372 e. The van der Waals surface area contributed by atoms with Gasteiger partial charge in [-0.1, -0.05) is 6.07 Å². The molecule has 2 aromatic rings. The predicted octanol–water partition coefficient (Wildman–Crippen LogP) is 3.70. The minimum absolute atomic E-state index is 0.0483. The first-order chi connectivity index (χ1) is 11.7. The molecule has 0 radical (unpaired) electrons. The molecule has 0 saturated carbocycles. The van der Waals surface area contributed by atoms with Crippen molar-refractivity contribution in [3.05, 3.63) is 34.2 Å². The highest BCUT2D eigenvalue weighted by molar-refractivity contribution is 7.10. The number of aromatic nitrogens is 2. The molecular formula is C17H22N4O2S. The van der Waals surface area contributed by atoms with Gasteiger partial charge >= 0.3 is 6.03 Å². The van der Waals surface area contributed by atoms with Gasteiger partial charge in [0.2, 0.25) is 0 Å². The summed E-state index contributed by atoms with van der Waals surface area (Å²) < 4.78 is 7.41. The molecule has 1 N–H and O–H groups in total. The second kappa shape index (κ2) is 6.57. The van der Waals surface area contributed by atoms with E-state index in [9.17, 15) is 4.79 Å². The smallest absolute Gasteiger partial charge is 0.323 e. The predicted molar refractivity (Wildman–Crippen MR) is 93.2 cm³/mol. The number of rotatable bonds is 3. The Morgan fingerprint density at radius 1 is 1.42 bits per heavy atom. The number of nitrogens with one attached hydrogen (secondary N) is 1. The van der Waals surface area contributed by atoms with Gasteiger partial charge < -0.3 is 9.64 Å². The third-order valence-electron chi connectivity index (χ3n) is 4.78. The summed E-state index contributed by atoms with van der Waals surface area (Å²) in [5.74, 6) is 0.724. The van der Waals surface area contributed by atoms with Crippen LogP contribution in [0.5, 0.6) is 0 Å². The zero-order chi connectivity index (χ0) is 16.5. The lowest BCUT2D eigenvalue weighted by Crippen LogP contribution is -2.34. The van der Waals surface area contributed by atoms with Gasteiger partial charge in [0, 0.05) is 31.1 Å². The fraction of sp³-hybridized carbons (Fsp3) is 0.529. The molecule has 0 spiro atoms. The van der Waals surface area contributed by atoms with Crippen LogP contribution >= 0.6 is 11.3 Å². The first-order valence-corrected chi connectivity index (χ1v) is 9.37. The van der Waals surface area contributed by atoms with E-state index in [2.05, 4.69) is 21.9 Å². The van der Waals surface area contributed by atoms with Crippen molar-refractivity contribution in [1.29, 1.82) is 0 Å². The molecule has 2 atom stereocenters. The lowest BCUT2D eigenvalue weighted by atomic mass is 10.2. The van der Waals surface area contributed by atoms with Crippen molar-refractivity contribution >= 4 is 23.2 Å². The fourth-order valence-electron chi connectivity index (χ4n) is 3.54. The van der Waals surface area contributed by atoms with Crippen LogP contribution in [0.3, 0.4) is 0 Å². The Morgan fingerprint density at radius 2 is 2.33 bits per heavy atom. The van der Waals surface area contributed by atoms with Crippen molar-refractivity contribution in [2.75, 3.05) is 18.5 Å². The van der Waals surface area contributed by atoms with Gasteiger partial charge in [0.25, 0.3) is 0 Å². The van der Waals surface area contributed by atoms with Crippen LogP contribution in [0.1, 0.15) is 48.4 Å². The standard InChI is InChI=1S/C17H22N4O2S/c1-20-16(11-12(19-20)14-6-3-9-23-14)18-17(22)21-8-2-5-13(21)15-7-4-10-24-15/h4,7,10-11,13-14H,2-3,5-6,8-9H2,1H3,(H,18,22). The second-order valence-corrected chi connectivity index (χ2v) is 7.36. The highest BCUT2D eigenvalue weighted by atomic mass is 32.1. The number of carbonyl (C=O) groups excluding carboxylic acids is 1. The highest BCUT2D eigenvalue weighted by Gasteiger charge is 2.31. The summed E-state index contributed by atoms with van der Waals surface area (Å²) in [6.07, 6.45) is 4.20. The maximum absolute atomic E-state index is 12.8. The Morgan fingerprint density at radius 3 is 3.08 bits per heavy atom. The molecule has 4 heterocycles. The summed E-state index contributed by atoms with van der Waals surface area (Å²) in [4.78, 5) is 15.9. The molecule has 24 heavy (non-hydrogen) atoms. The van der Waals surface area contributed by atoms with Gasteiger partial charge in [-0.25, -0.2) is 4.79 Å². The number of aryl methyl sites for hydroxylation is 1. The van der Waals surface area contributed by atoms with E-state index >= 15 is 0 Å². The number of likely N-dealkylation sites (tertiary alicyclic amines) is 1. The van der Waals surface area contributed by atoms with Gasteiger partial charge in [0.15, 0.2) is 0 Å². The van der Waals surface area contributed by atoms with Gasteiger partial charge in [0.1, 0.15) is 11.9 Å². The van der Waals surface area contributed by atoms with Crippen LogP contribution in [0.4, 0.5) is 10.6 Å². The molecule has 2 aliphatic rings. The van der Waals surface area contributed by atoms with Crippen molar-refractivity contribution in [1.82, 2.24) is 14.7 Å². The van der Waals surface area contributed by atoms with Crippen molar-refractivity contribution in [2.45, 2.75) is 37.8 Å². The Bertz CT molecular complexity index is 706. The first-order valence-electron chi connectivity index (χ1n) is 8.49. The van der Waals surface area contributed by atoms with Gasteiger partial charge in [-0.3, -0.25) is 10.00 Å². The van der Waals surface area contributed by atoms with Gasteiger partial charge in [-0.15, -0.1) is 11.3 Å². The number of hydrogen-bond acceptors (Lipinski definition) is 4. The molecular weight excluding hydrogens is 324 g/mol. The number of urea groups is 1. The summed E-state index contributed by atoms with van der Waals surface area (Å²) in [6, 6.07) is 6.23. The third kappa shape index (κ3) is 2.93. The van der Waals surface area contributed by atoms with E-state index in [1.807, 2.05) is 24.1 Å². The van der Waals surface area contributed by atoms with E-state index in [1.54, 1.807) is 16.0 Å². The largest absolute Gasteiger partial charge is 0.372 e. The fourth-order valence-corrected chi connectivity index (χ4v) is 4.42. The molecule has 2 saturated heterocycles. The molecule has 128 valence electrons. The lowest BCUT2D eigenvalue weighted by molar-refractivity contribution is 0.108. The van der Waals surface area contributed by atoms with Gasteiger partial charge in [0.05, 0.1) is 11.7 Å². The zero-order valence-corrected chi connectivity index (χ0v) is 14.6. The number of anilines is 1. The van der Waals surface area contributed by atoms with E-state index in [1.165, 1.54) is 4.88 Å². The van der Waals surface area contributed by atoms with Crippen LogP contribution in [0, 0.1) is 0 Å². The number of nitrogens with zero attached hydrogens (tertiary/aromatic N) is 3. The maximum atomic E-state index is 12.8. The Labute approximate surface area is 145 Å². The number of ether oxygens (including phenoxy) is 1. The summed E-state index contributed by atoms with van der Waals surface area (Å²) in [6.45, 7) is 1.59. The van der Waals surface area contributed by atoms with E-state index in [-0.39, 0.29) is 18.2 Å². The molecule has 0 aromatic carbocycles. The summed E-state index contributed by atoms with van der Waals surface area (Å²) >= 11 is 1.72. The van der Waals surface area contributed by atoms with Crippen LogP contribution in [0.25, 0.3) is 0 Å². The van der Waals surface area contributed by atoms with Crippen LogP contribution in [0.2, 0.25) is 0 Å². The Kier molecular flexibility index (Phi) is 4.28. The quantitative estimate of drug-likeness (QED) is 0.922. The number of thiophene rings is 1. The molecule has 7 heteroatoms. The highest BCUT2D eigenvalue weighted by Crippen LogP contribution is 2.35. The molecule has 6 nitrogen and oxygen atoms in total. The number of hydrogen-bond donors (Lipinski definition) is 1. The molecule has 0 aliphatic carbocycles. The normalized spacial score (nSPS) is 23.8. The van der Waals surface area contributed by atoms with Crippen molar-refractivity contribution in [3.63, 3.8) is 0 Å². The van der Waals surface area contributed by atoms with Gasteiger partial charge in [-0.05, 0) is 37.1 Å². The average molecular weight is 346 g/mol. The number of amides is 2. The maximum Gasteiger partial charge on any atom is 0.323 e. The average Bonchev–Trinajstić information content (AvgIpc) is 3.36. The molecule has 2 unspecified atom stereocenters. The topological polar surface area (TPSA) is 59.4 Å². The summed E-state index contributed by atoms with van der Waals surface area (Å²) in [5.41, 5.74) is 0.904. The van der Waals surface area contributed by atoms with Crippen molar-refractivity contribution < 1.29 is 9.53 Å². The van der Waals surface area contributed by atoms with Crippen molar-refractivity contribution in [2.24, 2.45) is 7.05 Å². The summed E-state index contributed by atoms with van der Waals surface area (Å²) in [7, 11) is 1.86. The molecule has 4 rings (SSSR count). The van der Waals surface area contributed by atoms with Gasteiger partial charge in [-0.2, -0.15) is 5.10 Å². The molecule has 0 bridgehead atoms. The van der Waals surface area contributed by atoms with Crippen LogP contribution < -0.4 is 5.32 Å². The summed E-state index contributed by atoms with van der Waals surface area (Å²) in [5, 5.41) is 9.59. The Balaban J connectivity index is 1.47. The van der Waals surface area contributed by atoms with E-state index in [4.69, 9.17) is 4.74 Å². The molecule has 2 aromatic heterocycles. The molecule has 2 fully saturated rings. The van der Waals surface area contributed by atoms with E-state index in [0.29, 0.717) is 0 Å². The van der Waals surface area contributed by atoms with Crippen LogP contribution in [-0.4, -0.2) is 33.9 Å². The monoisotopic (exact) mass is 346 g/mol. The van der Waals surface area contributed by atoms with Crippen LogP contribution in [0.15, 0.2) is 23.6 Å². The Hall–Kier alpha value is -1.86. The first kappa shape index (κ1) is 15.7. The zero-order valence-electron chi connectivity index (χ0n) is 13.8. The van der Waals surface area contributed by atoms with E-state index < -0.39 is 0 Å². The van der Waals surface area contributed by atoms with Crippen LogP contribution in [-0.2, 0) is 11.8 Å². The SMILES string of the molecule is Cn1nc(C2CCCO2)cc1NC(=O)N1CCCC1c1cccs1. The number of carbonyl (C=O) groups is 1. The molecule has 2 aliphatic heterocycles. The third-order valence-corrected chi connectivity index (χ3v) is 5.75. The minimum atomic E-state index is -0.0483. The second-order valence-electron chi connectivity index (χ2n) is 6.38. The lowest BCUT2D eigenvalue weighted by Gasteiger charge is -2.24. The molecule has 2 amide bonds. The van der Waals surface area contributed by atoms with Crippen molar-refractivity contribution in [3.8, 4) is 0 Å². The van der Waals surface area contributed by atoms with E-state index in [0.717, 1.165) is 50.3 Å².